The number of carbonyl (C=O) groups excluding carboxylic acids is 1. The fourth-order valence-corrected chi connectivity index (χ4v) is 4.10. The molecule has 3 N–H and O–H groups in total. The number of nitrogens with zero attached hydrogens (tertiary/aromatic N) is 3. The van der Waals surface area contributed by atoms with Crippen molar-refractivity contribution in [2.24, 2.45) is 10.2 Å². The van der Waals surface area contributed by atoms with Crippen LogP contribution in [-0.2, 0) is 11.3 Å². The number of halogens is 1. The second kappa shape index (κ2) is 8.47. The Morgan fingerprint density at radius 1 is 1.18 bits per heavy atom. The highest BCUT2D eigenvalue weighted by Crippen LogP contribution is 2.27. The average Bonchev–Trinajstić information content (AvgIpc) is 3.21. The number of amides is 1. The first-order valence-electron chi connectivity index (χ1n) is 8.25. The molecule has 0 aliphatic carbocycles. The number of hydrogen-bond donors (Lipinski definition) is 1. The number of allylic oxidation sites excluding steroid dienone is 1. The van der Waals surface area contributed by atoms with Crippen LogP contribution in [0.1, 0.15) is 5.56 Å². The summed E-state index contributed by atoms with van der Waals surface area (Å²) in [7, 11) is 0. The van der Waals surface area contributed by atoms with Crippen LogP contribution in [-0.4, -0.2) is 21.7 Å². The molecule has 3 aromatic rings. The molecule has 6 nitrogen and oxygen atoms in total. The molecular formula is C20H17BrN4O2S. The number of fused-ring (bicyclic) bond motifs is 1. The van der Waals surface area contributed by atoms with E-state index >= 15 is 0 Å². The Balaban J connectivity index is 0.00000225. The van der Waals surface area contributed by atoms with Gasteiger partial charge in [-0.3, -0.25) is 4.79 Å². The Bertz CT molecular complexity index is 1130. The van der Waals surface area contributed by atoms with Gasteiger partial charge in [-0.2, -0.15) is 0 Å². The summed E-state index contributed by atoms with van der Waals surface area (Å²) in [5.41, 5.74) is 3.93. The second-order valence-electron chi connectivity index (χ2n) is 5.86. The lowest BCUT2D eigenvalue weighted by atomic mass is 10.1. The zero-order valence-corrected chi connectivity index (χ0v) is 17.1. The normalized spacial score (nSPS) is 14.5. The van der Waals surface area contributed by atoms with Crippen molar-refractivity contribution < 1.29 is 10.3 Å². The summed E-state index contributed by atoms with van der Waals surface area (Å²) in [6.45, 7) is 4.44. The maximum absolute atomic E-state index is 12.3. The van der Waals surface area contributed by atoms with Crippen LogP contribution in [0.3, 0.4) is 0 Å². The Kier molecular flexibility index (Phi) is 6.03. The van der Waals surface area contributed by atoms with Crippen LogP contribution in [0.15, 0.2) is 81.2 Å². The van der Waals surface area contributed by atoms with E-state index in [2.05, 4.69) is 50.2 Å². The van der Waals surface area contributed by atoms with Crippen molar-refractivity contribution in [1.82, 2.24) is 4.57 Å². The molecule has 1 aromatic heterocycles. The predicted octanol–water partition coefficient (Wildman–Crippen LogP) is 3.60. The number of carbonyl (C=O) groups is 1. The van der Waals surface area contributed by atoms with E-state index in [-0.39, 0.29) is 11.4 Å². The Hall–Kier alpha value is -2.81. The topological polar surface area (TPSA) is 90.2 Å². The minimum atomic E-state index is -0.248. The van der Waals surface area contributed by atoms with Crippen molar-refractivity contribution >= 4 is 44.6 Å². The molecule has 0 spiro atoms. The van der Waals surface area contributed by atoms with Crippen molar-refractivity contribution in [1.29, 1.82) is 0 Å². The van der Waals surface area contributed by atoms with Gasteiger partial charge in [0.25, 0.3) is 5.91 Å². The van der Waals surface area contributed by atoms with Crippen LogP contribution in [0.25, 0.3) is 11.3 Å². The van der Waals surface area contributed by atoms with Crippen LogP contribution in [0.2, 0.25) is 0 Å². The van der Waals surface area contributed by atoms with Crippen molar-refractivity contribution in [2.45, 2.75) is 6.54 Å². The number of hydrogen-bond acceptors (Lipinski definition) is 4. The van der Waals surface area contributed by atoms with Gasteiger partial charge in [0, 0.05) is 22.0 Å². The number of thiazole rings is 1. The third kappa shape index (κ3) is 3.75. The summed E-state index contributed by atoms with van der Waals surface area (Å²) in [5, 5.41) is 13.5. The molecule has 8 heteroatoms. The minimum Gasteiger partial charge on any atom is -0.412 e. The van der Waals surface area contributed by atoms with E-state index in [1.807, 2.05) is 52.4 Å². The molecule has 0 unspecified atom stereocenters. The van der Waals surface area contributed by atoms with Gasteiger partial charge in [-0.25, -0.2) is 0 Å². The summed E-state index contributed by atoms with van der Waals surface area (Å²) >= 11 is 4.91. The first-order valence-corrected chi connectivity index (χ1v) is 9.92. The van der Waals surface area contributed by atoms with Crippen molar-refractivity contribution in [3.05, 3.63) is 81.4 Å². The van der Waals surface area contributed by atoms with E-state index in [0.717, 1.165) is 27.0 Å². The Labute approximate surface area is 174 Å². The highest BCUT2D eigenvalue weighted by molar-refractivity contribution is 9.10. The first-order chi connectivity index (χ1) is 13.2. The molecule has 0 saturated carbocycles. The molecule has 28 heavy (non-hydrogen) atoms. The largest absolute Gasteiger partial charge is 0.412 e. The van der Waals surface area contributed by atoms with Crippen molar-refractivity contribution in [3.63, 3.8) is 0 Å². The van der Waals surface area contributed by atoms with Crippen molar-refractivity contribution in [2.75, 3.05) is 5.32 Å². The lowest BCUT2D eigenvalue weighted by Crippen LogP contribution is -2.17. The fourth-order valence-electron chi connectivity index (χ4n) is 2.87. The summed E-state index contributed by atoms with van der Waals surface area (Å²) in [4.78, 5) is 13.0. The van der Waals surface area contributed by atoms with E-state index in [9.17, 15) is 4.79 Å². The monoisotopic (exact) mass is 456 g/mol. The summed E-state index contributed by atoms with van der Waals surface area (Å²) in [6.07, 6.45) is 1.82. The van der Waals surface area contributed by atoms with Gasteiger partial charge in [0.05, 0.1) is 11.4 Å². The van der Waals surface area contributed by atoms with Gasteiger partial charge in [0.2, 0.25) is 4.80 Å². The number of benzene rings is 2. The molecule has 0 saturated heterocycles. The van der Waals surface area contributed by atoms with Crippen LogP contribution < -0.4 is 10.1 Å². The Morgan fingerprint density at radius 3 is 2.71 bits per heavy atom. The highest BCUT2D eigenvalue weighted by atomic mass is 79.9. The Morgan fingerprint density at radius 2 is 1.96 bits per heavy atom. The van der Waals surface area contributed by atoms with Crippen LogP contribution >= 0.6 is 27.3 Å². The van der Waals surface area contributed by atoms with E-state index in [1.165, 1.54) is 11.3 Å². The van der Waals surface area contributed by atoms with Gasteiger partial charge in [0.15, 0.2) is 5.71 Å². The molecule has 1 aliphatic rings. The molecule has 4 rings (SSSR count). The molecule has 0 fully saturated rings. The summed E-state index contributed by atoms with van der Waals surface area (Å²) < 4.78 is 2.92. The lowest BCUT2D eigenvalue weighted by molar-refractivity contribution is -0.110. The summed E-state index contributed by atoms with van der Waals surface area (Å²) in [5.74, 6) is -0.248. The van der Waals surface area contributed by atoms with Crippen LogP contribution in [0.4, 0.5) is 5.69 Å². The predicted molar refractivity (Wildman–Crippen MR) is 116 cm³/mol. The fraction of sp³-hybridized carbons (Fsp3) is 0.0500. The molecule has 2 aromatic carbocycles. The van der Waals surface area contributed by atoms with Crippen molar-refractivity contribution in [3.8, 4) is 11.3 Å². The maximum atomic E-state index is 12.3. The minimum absolute atomic E-state index is 0. The number of anilines is 1. The third-order valence-corrected chi connectivity index (χ3v) is 5.46. The van der Waals surface area contributed by atoms with E-state index in [0.29, 0.717) is 17.1 Å². The first kappa shape index (κ1) is 19.9. The van der Waals surface area contributed by atoms with Gasteiger partial charge < -0.3 is 15.4 Å². The molecule has 142 valence electrons. The molecule has 1 amide bonds. The van der Waals surface area contributed by atoms with Crippen LogP contribution in [0.5, 0.6) is 0 Å². The number of rotatable bonds is 4. The average molecular weight is 457 g/mol. The zero-order valence-electron chi connectivity index (χ0n) is 14.7. The van der Waals surface area contributed by atoms with E-state index in [4.69, 9.17) is 0 Å². The maximum Gasteiger partial charge on any atom is 0.276 e. The number of nitrogens with one attached hydrogen (secondary N) is 1. The third-order valence-electron chi connectivity index (χ3n) is 4.11. The molecule has 0 bridgehead atoms. The molecule has 0 radical (unpaired) electrons. The van der Waals surface area contributed by atoms with Gasteiger partial charge >= 0.3 is 0 Å². The molecular weight excluding hydrogens is 440 g/mol. The van der Waals surface area contributed by atoms with Crippen LogP contribution in [0, 0.1) is 0 Å². The molecule has 2 heterocycles. The molecule has 0 atom stereocenters. The SMILES string of the molecule is C=CCn1c(-c2ccccc2)cs/c1=N\N=C1/C(=O)Nc2ccc(Br)cc21.O. The summed E-state index contributed by atoms with van der Waals surface area (Å²) in [6, 6.07) is 15.7. The highest BCUT2D eigenvalue weighted by Gasteiger charge is 2.26. The van der Waals surface area contributed by atoms with E-state index < -0.39 is 0 Å². The number of aromatic nitrogens is 1. The van der Waals surface area contributed by atoms with Gasteiger partial charge in [-0.1, -0.05) is 52.3 Å². The van der Waals surface area contributed by atoms with Gasteiger partial charge in [-0.05, 0) is 23.8 Å². The second-order valence-corrected chi connectivity index (χ2v) is 7.61. The lowest BCUT2D eigenvalue weighted by Gasteiger charge is -2.05. The molecule has 1 aliphatic heterocycles. The van der Waals surface area contributed by atoms with Gasteiger partial charge in [-0.15, -0.1) is 28.1 Å². The quantitative estimate of drug-likeness (QED) is 0.471. The van der Waals surface area contributed by atoms with Gasteiger partial charge in [0.1, 0.15) is 0 Å². The van der Waals surface area contributed by atoms with E-state index in [1.54, 1.807) is 0 Å². The smallest absolute Gasteiger partial charge is 0.276 e. The zero-order chi connectivity index (χ0) is 18.8. The standard InChI is InChI=1S/C20H15BrN4OS.H2O/c1-2-10-25-17(13-6-4-3-5-7-13)12-27-20(25)24-23-18-15-11-14(21)8-9-16(15)22-19(18)26;/h2-9,11-12H,1,10H2,(H,22,23,26);1H2/b24-20-;.